The maximum Gasteiger partial charge on any atom is 0.230 e. The van der Waals surface area contributed by atoms with Gasteiger partial charge in [0.1, 0.15) is 0 Å². The van der Waals surface area contributed by atoms with Gasteiger partial charge in [-0.1, -0.05) is 6.07 Å². The first-order chi connectivity index (χ1) is 10.2. The lowest BCUT2D eigenvalue weighted by Crippen LogP contribution is -2.14. The van der Waals surface area contributed by atoms with E-state index in [1.807, 2.05) is 53.4 Å². The molecule has 0 fully saturated rings. The van der Waals surface area contributed by atoms with E-state index < -0.39 is 0 Å². The van der Waals surface area contributed by atoms with E-state index in [0.717, 1.165) is 11.4 Å². The lowest BCUT2D eigenvalue weighted by atomic mass is 10.2. The number of nitrogens with zero attached hydrogens (tertiary/aromatic N) is 2. The summed E-state index contributed by atoms with van der Waals surface area (Å²) in [5.74, 6) is -0.107. The van der Waals surface area contributed by atoms with Crippen LogP contribution in [0.5, 0.6) is 0 Å². The highest BCUT2D eigenvalue weighted by atomic mass is 32.1. The summed E-state index contributed by atoms with van der Waals surface area (Å²) in [7, 11) is 0. The van der Waals surface area contributed by atoms with Gasteiger partial charge in [0, 0.05) is 29.1 Å². The molecule has 6 heteroatoms. The molecule has 0 saturated carbocycles. The van der Waals surface area contributed by atoms with Crippen LogP contribution >= 0.6 is 11.3 Å². The Bertz CT molecular complexity index is 749. The summed E-state index contributed by atoms with van der Waals surface area (Å²) in [5.41, 5.74) is 8.00. The monoisotopic (exact) mass is 298 g/mol. The van der Waals surface area contributed by atoms with Crippen LogP contribution in [0, 0.1) is 0 Å². The third-order valence-corrected chi connectivity index (χ3v) is 3.67. The molecular weight excluding hydrogens is 284 g/mol. The number of anilines is 2. The summed E-state index contributed by atoms with van der Waals surface area (Å²) < 4.78 is 1.98. The van der Waals surface area contributed by atoms with Gasteiger partial charge in [0.2, 0.25) is 5.91 Å². The van der Waals surface area contributed by atoms with E-state index in [1.54, 1.807) is 5.38 Å². The van der Waals surface area contributed by atoms with Crippen LogP contribution in [0.2, 0.25) is 0 Å². The number of rotatable bonds is 4. The van der Waals surface area contributed by atoms with Crippen molar-refractivity contribution < 1.29 is 4.79 Å². The van der Waals surface area contributed by atoms with Crippen LogP contribution in [0.1, 0.15) is 5.69 Å². The number of hydrogen-bond donors (Lipinski definition) is 2. The molecule has 3 rings (SSSR count). The van der Waals surface area contributed by atoms with Gasteiger partial charge < -0.3 is 15.6 Å². The minimum atomic E-state index is -0.107. The molecule has 3 N–H and O–H groups in total. The zero-order valence-electron chi connectivity index (χ0n) is 11.2. The van der Waals surface area contributed by atoms with E-state index in [1.165, 1.54) is 11.3 Å². The summed E-state index contributed by atoms with van der Waals surface area (Å²) in [6.07, 6.45) is 4.14. The van der Waals surface area contributed by atoms with Gasteiger partial charge in [-0.2, -0.15) is 0 Å². The van der Waals surface area contributed by atoms with Crippen molar-refractivity contribution in [1.82, 2.24) is 9.55 Å². The molecular formula is C15H14N4OS. The smallest absolute Gasteiger partial charge is 0.230 e. The van der Waals surface area contributed by atoms with E-state index >= 15 is 0 Å². The summed E-state index contributed by atoms with van der Waals surface area (Å²) in [6.45, 7) is 0. The van der Waals surface area contributed by atoms with Crippen LogP contribution in [0.3, 0.4) is 0 Å². The topological polar surface area (TPSA) is 72.9 Å². The molecule has 3 aromatic rings. The molecule has 2 heterocycles. The number of carbonyl (C=O) groups excluding carboxylic acids is 1. The average molecular weight is 298 g/mol. The first-order valence-electron chi connectivity index (χ1n) is 6.44. The summed E-state index contributed by atoms with van der Waals surface area (Å²) >= 11 is 1.34. The fourth-order valence-corrected chi connectivity index (χ4v) is 2.59. The third-order valence-electron chi connectivity index (χ3n) is 2.94. The van der Waals surface area contributed by atoms with Gasteiger partial charge in [0.05, 0.1) is 12.1 Å². The SMILES string of the molecule is Nc1nc(CC(=O)Nc2cccc(-n3cccc3)c2)cs1. The summed E-state index contributed by atoms with van der Waals surface area (Å²) in [5, 5.41) is 5.15. The minimum Gasteiger partial charge on any atom is -0.375 e. The molecule has 1 aromatic carbocycles. The largest absolute Gasteiger partial charge is 0.375 e. The second kappa shape index (κ2) is 5.80. The van der Waals surface area contributed by atoms with Crippen molar-refractivity contribution in [3.63, 3.8) is 0 Å². The Morgan fingerprint density at radius 1 is 1.29 bits per heavy atom. The first-order valence-corrected chi connectivity index (χ1v) is 7.32. The maximum atomic E-state index is 12.0. The standard InChI is InChI=1S/C15H14N4OS/c16-15-18-12(10-21-15)9-14(20)17-11-4-3-5-13(8-11)19-6-1-2-7-19/h1-8,10H,9H2,(H2,16,18)(H,17,20). The van der Waals surface area contributed by atoms with E-state index in [2.05, 4.69) is 10.3 Å². The van der Waals surface area contributed by atoms with Crippen LogP contribution in [0.15, 0.2) is 54.2 Å². The zero-order valence-corrected chi connectivity index (χ0v) is 12.0. The zero-order chi connectivity index (χ0) is 14.7. The number of nitrogens with two attached hydrogens (primary N) is 1. The number of carbonyl (C=O) groups is 1. The van der Waals surface area contributed by atoms with Gasteiger partial charge in [-0.3, -0.25) is 4.79 Å². The van der Waals surface area contributed by atoms with Gasteiger partial charge in [0.15, 0.2) is 5.13 Å². The van der Waals surface area contributed by atoms with Gasteiger partial charge in [-0.05, 0) is 30.3 Å². The second-order valence-corrected chi connectivity index (χ2v) is 5.43. The number of nitrogen functional groups attached to an aromatic ring is 1. The number of benzene rings is 1. The van der Waals surface area contributed by atoms with E-state index in [4.69, 9.17) is 5.73 Å². The molecule has 0 unspecified atom stereocenters. The lowest BCUT2D eigenvalue weighted by molar-refractivity contribution is -0.115. The predicted molar refractivity (Wildman–Crippen MR) is 84.6 cm³/mol. The number of hydrogen-bond acceptors (Lipinski definition) is 4. The van der Waals surface area contributed by atoms with Gasteiger partial charge in [-0.25, -0.2) is 4.98 Å². The quantitative estimate of drug-likeness (QED) is 0.778. The predicted octanol–water partition coefficient (Wildman–Crippen LogP) is 2.70. The molecule has 0 radical (unpaired) electrons. The molecule has 21 heavy (non-hydrogen) atoms. The Balaban J connectivity index is 1.70. The molecule has 1 amide bonds. The van der Waals surface area contributed by atoms with Crippen molar-refractivity contribution >= 4 is 28.1 Å². The van der Waals surface area contributed by atoms with Crippen molar-refractivity contribution in [3.8, 4) is 5.69 Å². The molecule has 0 aliphatic rings. The van der Waals surface area contributed by atoms with E-state index in [0.29, 0.717) is 10.8 Å². The Kier molecular flexibility index (Phi) is 3.70. The van der Waals surface area contributed by atoms with Crippen LogP contribution in [-0.2, 0) is 11.2 Å². The average Bonchev–Trinajstić information content (AvgIpc) is 3.11. The minimum absolute atomic E-state index is 0.107. The van der Waals surface area contributed by atoms with Crippen molar-refractivity contribution in [2.24, 2.45) is 0 Å². The molecule has 2 aromatic heterocycles. The van der Waals surface area contributed by atoms with Crippen molar-refractivity contribution in [1.29, 1.82) is 0 Å². The third kappa shape index (κ3) is 3.29. The van der Waals surface area contributed by atoms with Crippen molar-refractivity contribution in [2.75, 3.05) is 11.1 Å². The summed E-state index contributed by atoms with van der Waals surface area (Å²) in [4.78, 5) is 16.1. The normalized spacial score (nSPS) is 10.5. The van der Waals surface area contributed by atoms with Crippen LogP contribution in [0.25, 0.3) is 5.69 Å². The van der Waals surface area contributed by atoms with Gasteiger partial charge >= 0.3 is 0 Å². The molecule has 0 saturated heterocycles. The Morgan fingerprint density at radius 3 is 2.81 bits per heavy atom. The van der Waals surface area contributed by atoms with Gasteiger partial charge in [0.25, 0.3) is 0 Å². The van der Waals surface area contributed by atoms with Gasteiger partial charge in [-0.15, -0.1) is 11.3 Å². The number of amides is 1. The Labute approximate surface area is 126 Å². The first kappa shape index (κ1) is 13.4. The van der Waals surface area contributed by atoms with E-state index in [-0.39, 0.29) is 12.3 Å². The van der Waals surface area contributed by atoms with Crippen molar-refractivity contribution in [2.45, 2.75) is 6.42 Å². The van der Waals surface area contributed by atoms with E-state index in [9.17, 15) is 4.79 Å². The lowest BCUT2D eigenvalue weighted by Gasteiger charge is -2.07. The molecule has 0 atom stereocenters. The number of nitrogens with one attached hydrogen (secondary N) is 1. The van der Waals surface area contributed by atoms with Crippen LogP contribution in [-0.4, -0.2) is 15.5 Å². The number of aromatic nitrogens is 2. The second-order valence-electron chi connectivity index (χ2n) is 4.54. The molecule has 0 spiro atoms. The fourth-order valence-electron chi connectivity index (χ4n) is 2.02. The summed E-state index contributed by atoms with van der Waals surface area (Å²) in [6, 6.07) is 11.6. The molecule has 0 aliphatic heterocycles. The molecule has 0 aliphatic carbocycles. The van der Waals surface area contributed by atoms with Crippen molar-refractivity contribution in [3.05, 3.63) is 59.9 Å². The number of thiazole rings is 1. The Hall–Kier alpha value is -2.60. The highest BCUT2D eigenvalue weighted by Crippen LogP contribution is 2.16. The van der Waals surface area contributed by atoms with Crippen LogP contribution in [0.4, 0.5) is 10.8 Å². The fraction of sp³-hybridized carbons (Fsp3) is 0.0667. The Morgan fingerprint density at radius 2 is 2.10 bits per heavy atom. The highest BCUT2D eigenvalue weighted by Gasteiger charge is 2.07. The maximum absolute atomic E-state index is 12.0. The van der Waals surface area contributed by atoms with Crippen LogP contribution < -0.4 is 11.1 Å². The highest BCUT2D eigenvalue weighted by molar-refractivity contribution is 7.13. The molecule has 0 bridgehead atoms. The molecule has 5 nitrogen and oxygen atoms in total. The molecule has 106 valence electrons.